The number of nitrogens with zero attached hydrogens (tertiary/aromatic N) is 1. The molecular formula is C15H22BrN3O. The summed E-state index contributed by atoms with van der Waals surface area (Å²) in [6, 6.07) is 6.05. The van der Waals surface area contributed by atoms with Crippen LogP contribution in [0, 0.1) is 5.92 Å². The summed E-state index contributed by atoms with van der Waals surface area (Å²) < 4.78 is 6.37. The number of methoxy groups -OCH3 is 1. The van der Waals surface area contributed by atoms with Crippen molar-refractivity contribution in [1.29, 1.82) is 0 Å². The van der Waals surface area contributed by atoms with E-state index in [9.17, 15) is 0 Å². The Morgan fingerprint density at radius 3 is 2.95 bits per heavy atom. The normalized spacial score (nSPS) is 15.8. The van der Waals surface area contributed by atoms with Crippen molar-refractivity contribution in [2.45, 2.75) is 25.7 Å². The van der Waals surface area contributed by atoms with Crippen LogP contribution < -0.4 is 15.8 Å². The minimum absolute atomic E-state index is 0.547. The molecule has 1 aliphatic rings. The summed E-state index contributed by atoms with van der Waals surface area (Å²) in [6.45, 7) is 1.62. The van der Waals surface area contributed by atoms with E-state index in [2.05, 4.69) is 32.3 Å². The molecule has 1 aromatic carbocycles. The van der Waals surface area contributed by atoms with Gasteiger partial charge in [-0.2, -0.15) is 0 Å². The Bertz CT molecular complexity index is 472. The minimum Gasteiger partial charge on any atom is -0.495 e. The summed E-state index contributed by atoms with van der Waals surface area (Å²) in [5.74, 6) is 2.19. The SMILES string of the molecule is COc1c(Br)cccc1CCNC(N)=NCC1CCC1. The first kappa shape index (κ1) is 15.2. The highest BCUT2D eigenvalue weighted by molar-refractivity contribution is 9.10. The van der Waals surface area contributed by atoms with E-state index in [1.54, 1.807) is 7.11 Å². The van der Waals surface area contributed by atoms with Gasteiger partial charge in [-0.05, 0) is 52.7 Å². The van der Waals surface area contributed by atoms with Crippen LogP contribution in [0.25, 0.3) is 0 Å². The molecule has 0 spiro atoms. The van der Waals surface area contributed by atoms with E-state index in [0.29, 0.717) is 5.96 Å². The number of rotatable bonds is 6. The van der Waals surface area contributed by atoms with Crippen molar-refractivity contribution in [2.24, 2.45) is 16.6 Å². The smallest absolute Gasteiger partial charge is 0.188 e. The highest BCUT2D eigenvalue weighted by Crippen LogP contribution is 2.28. The molecule has 3 N–H and O–H groups in total. The van der Waals surface area contributed by atoms with Crippen molar-refractivity contribution >= 4 is 21.9 Å². The Labute approximate surface area is 128 Å². The van der Waals surface area contributed by atoms with E-state index in [-0.39, 0.29) is 0 Å². The number of nitrogens with two attached hydrogens (primary N) is 1. The van der Waals surface area contributed by atoms with Crippen molar-refractivity contribution < 1.29 is 4.74 Å². The molecule has 1 fully saturated rings. The molecule has 20 heavy (non-hydrogen) atoms. The zero-order valence-electron chi connectivity index (χ0n) is 11.9. The van der Waals surface area contributed by atoms with Gasteiger partial charge in [-0.3, -0.25) is 4.99 Å². The molecule has 0 heterocycles. The molecule has 0 unspecified atom stereocenters. The van der Waals surface area contributed by atoms with Gasteiger partial charge in [0.1, 0.15) is 5.75 Å². The van der Waals surface area contributed by atoms with Gasteiger partial charge in [0, 0.05) is 13.1 Å². The lowest BCUT2D eigenvalue weighted by Gasteiger charge is -2.23. The highest BCUT2D eigenvalue weighted by Gasteiger charge is 2.16. The van der Waals surface area contributed by atoms with Gasteiger partial charge in [-0.25, -0.2) is 0 Å². The minimum atomic E-state index is 0.547. The molecule has 1 aromatic rings. The summed E-state index contributed by atoms with van der Waals surface area (Å²) in [5.41, 5.74) is 7.02. The zero-order valence-corrected chi connectivity index (χ0v) is 13.4. The molecule has 0 aromatic heterocycles. The molecule has 0 bridgehead atoms. The fourth-order valence-corrected chi connectivity index (χ4v) is 2.83. The third-order valence-electron chi connectivity index (χ3n) is 3.70. The number of halogens is 1. The predicted molar refractivity (Wildman–Crippen MR) is 86.2 cm³/mol. The number of benzene rings is 1. The van der Waals surface area contributed by atoms with Crippen molar-refractivity contribution in [1.82, 2.24) is 5.32 Å². The summed E-state index contributed by atoms with van der Waals surface area (Å²) in [4.78, 5) is 4.38. The average molecular weight is 340 g/mol. The van der Waals surface area contributed by atoms with Crippen LogP contribution in [-0.2, 0) is 6.42 Å². The number of nitrogens with one attached hydrogen (secondary N) is 1. The third-order valence-corrected chi connectivity index (χ3v) is 4.32. The number of para-hydroxylation sites is 1. The van der Waals surface area contributed by atoms with Gasteiger partial charge in [-0.1, -0.05) is 18.6 Å². The molecule has 2 rings (SSSR count). The molecule has 0 amide bonds. The van der Waals surface area contributed by atoms with Gasteiger partial charge in [-0.15, -0.1) is 0 Å². The van der Waals surface area contributed by atoms with Gasteiger partial charge in [0.2, 0.25) is 0 Å². The Kier molecular flexibility index (Phi) is 5.71. The molecule has 0 atom stereocenters. The second-order valence-corrected chi connectivity index (χ2v) is 5.99. The Hall–Kier alpha value is -1.23. The number of aliphatic imine (C=N–C) groups is 1. The standard InChI is InChI=1S/C15H22BrN3O/c1-20-14-12(6-3-7-13(14)16)8-9-18-15(17)19-10-11-4-2-5-11/h3,6-7,11H,2,4-5,8-10H2,1H3,(H3,17,18,19). The quantitative estimate of drug-likeness (QED) is 0.618. The molecule has 0 aliphatic heterocycles. The van der Waals surface area contributed by atoms with Crippen LogP contribution >= 0.6 is 15.9 Å². The third kappa shape index (κ3) is 4.13. The van der Waals surface area contributed by atoms with Gasteiger partial charge in [0.25, 0.3) is 0 Å². The molecule has 4 nitrogen and oxygen atoms in total. The zero-order chi connectivity index (χ0) is 14.4. The van der Waals surface area contributed by atoms with Gasteiger partial charge in [0.05, 0.1) is 11.6 Å². The van der Waals surface area contributed by atoms with Crippen LogP contribution in [0.2, 0.25) is 0 Å². The average Bonchev–Trinajstić information content (AvgIpc) is 2.37. The fourth-order valence-electron chi connectivity index (χ4n) is 2.26. The molecule has 1 saturated carbocycles. The lowest BCUT2D eigenvalue weighted by molar-refractivity contribution is 0.326. The van der Waals surface area contributed by atoms with E-state index in [1.807, 2.05) is 12.1 Å². The molecule has 0 saturated heterocycles. The summed E-state index contributed by atoms with van der Waals surface area (Å²) in [5, 5.41) is 3.16. The van der Waals surface area contributed by atoms with Crippen molar-refractivity contribution in [3.8, 4) is 5.75 Å². The van der Waals surface area contributed by atoms with E-state index in [0.717, 1.165) is 41.2 Å². The molecule has 5 heteroatoms. The van der Waals surface area contributed by atoms with Crippen molar-refractivity contribution in [3.05, 3.63) is 28.2 Å². The second-order valence-electron chi connectivity index (χ2n) is 5.13. The lowest BCUT2D eigenvalue weighted by Crippen LogP contribution is -2.34. The van der Waals surface area contributed by atoms with Crippen molar-refractivity contribution in [3.63, 3.8) is 0 Å². The number of hydrogen-bond donors (Lipinski definition) is 2. The van der Waals surface area contributed by atoms with E-state index in [1.165, 1.54) is 19.3 Å². The number of ether oxygens (including phenoxy) is 1. The van der Waals surface area contributed by atoms with Crippen LogP contribution in [0.1, 0.15) is 24.8 Å². The van der Waals surface area contributed by atoms with Crippen LogP contribution in [0.5, 0.6) is 5.75 Å². The van der Waals surface area contributed by atoms with Crippen LogP contribution in [0.3, 0.4) is 0 Å². The van der Waals surface area contributed by atoms with Crippen molar-refractivity contribution in [2.75, 3.05) is 20.2 Å². The van der Waals surface area contributed by atoms with Gasteiger partial charge in [0.15, 0.2) is 5.96 Å². The summed E-state index contributed by atoms with van der Waals surface area (Å²) >= 11 is 3.49. The first-order valence-electron chi connectivity index (χ1n) is 7.06. The summed E-state index contributed by atoms with van der Waals surface area (Å²) in [7, 11) is 1.69. The first-order chi connectivity index (χ1) is 9.70. The molecule has 1 aliphatic carbocycles. The Morgan fingerprint density at radius 2 is 2.30 bits per heavy atom. The Morgan fingerprint density at radius 1 is 1.50 bits per heavy atom. The Balaban J connectivity index is 1.78. The van der Waals surface area contributed by atoms with Crippen LogP contribution in [0.15, 0.2) is 27.7 Å². The largest absolute Gasteiger partial charge is 0.495 e. The lowest BCUT2D eigenvalue weighted by atomic mass is 9.86. The van der Waals surface area contributed by atoms with Gasteiger partial charge < -0.3 is 15.8 Å². The van der Waals surface area contributed by atoms with Gasteiger partial charge >= 0.3 is 0 Å². The van der Waals surface area contributed by atoms with E-state index in [4.69, 9.17) is 10.5 Å². The first-order valence-corrected chi connectivity index (χ1v) is 7.85. The maximum Gasteiger partial charge on any atom is 0.188 e. The predicted octanol–water partition coefficient (Wildman–Crippen LogP) is 2.70. The van der Waals surface area contributed by atoms with Crippen LogP contribution in [0.4, 0.5) is 0 Å². The highest BCUT2D eigenvalue weighted by atomic mass is 79.9. The molecule has 0 radical (unpaired) electrons. The maximum absolute atomic E-state index is 5.86. The number of hydrogen-bond acceptors (Lipinski definition) is 2. The van der Waals surface area contributed by atoms with E-state index < -0.39 is 0 Å². The monoisotopic (exact) mass is 339 g/mol. The fraction of sp³-hybridized carbons (Fsp3) is 0.533. The molecular weight excluding hydrogens is 318 g/mol. The summed E-state index contributed by atoms with van der Waals surface area (Å²) in [6.07, 6.45) is 4.79. The van der Waals surface area contributed by atoms with E-state index >= 15 is 0 Å². The topological polar surface area (TPSA) is 59.6 Å². The number of guanidine groups is 1. The molecule has 110 valence electrons. The van der Waals surface area contributed by atoms with Crippen LogP contribution in [-0.4, -0.2) is 26.2 Å². The maximum atomic E-state index is 5.86. The second kappa shape index (κ2) is 7.53.